The zero-order valence-electron chi connectivity index (χ0n) is 11.1. The zero-order valence-corrected chi connectivity index (χ0v) is 11.1. The van der Waals surface area contributed by atoms with Crippen molar-refractivity contribution in [2.45, 2.75) is 25.4 Å². The van der Waals surface area contributed by atoms with E-state index in [1.807, 2.05) is 24.3 Å². The molecule has 0 radical (unpaired) electrons. The molecule has 0 aromatic heterocycles. The van der Waals surface area contributed by atoms with Crippen LogP contribution >= 0.6 is 0 Å². The summed E-state index contributed by atoms with van der Waals surface area (Å²) in [7, 11) is 4.15. The fourth-order valence-electron chi connectivity index (χ4n) is 2.07. The number of hydrogen-bond donors (Lipinski definition) is 0. The van der Waals surface area contributed by atoms with Gasteiger partial charge >= 0.3 is 0 Å². The summed E-state index contributed by atoms with van der Waals surface area (Å²) in [4.78, 5) is 2.18. The van der Waals surface area contributed by atoms with E-state index in [0.717, 1.165) is 18.7 Å². The average molecular weight is 244 g/mol. The van der Waals surface area contributed by atoms with Crippen molar-refractivity contribution in [1.29, 1.82) is 5.26 Å². The molecule has 0 aliphatic heterocycles. The van der Waals surface area contributed by atoms with Crippen LogP contribution in [0.1, 0.15) is 24.8 Å². The first-order valence-electron chi connectivity index (χ1n) is 6.51. The topological polar surface area (TPSA) is 36.3 Å². The molecule has 0 heterocycles. The Kier molecular flexibility index (Phi) is 4.22. The molecule has 0 bridgehead atoms. The summed E-state index contributed by atoms with van der Waals surface area (Å²) in [6, 6.07) is 9.69. The number of nitrogens with zero attached hydrogens (tertiary/aromatic N) is 2. The van der Waals surface area contributed by atoms with Gasteiger partial charge in [0.25, 0.3) is 0 Å². The maximum absolute atomic E-state index is 9.07. The Bertz CT molecular complexity index is 432. The Hall–Kier alpha value is -1.53. The van der Waals surface area contributed by atoms with Gasteiger partial charge in [-0.2, -0.15) is 5.26 Å². The fraction of sp³-hybridized carbons (Fsp3) is 0.533. The highest BCUT2D eigenvalue weighted by molar-refractivity contribution is 5.42. The van der Waals surface area contributed by atoms with Crippen LogP contribution in [0.3, 0.4) is 0 Å². The monoisotopic (exact) mass is 244 g/mol. The fourth-order valence-corrected chi connectivity index (χ4v) is 2.07. The molecule has 1 aromatic rings. The van der Waals surface area contributed by atoms with E-state index in [9.17, 15) is 0 Å². The van der Waals surface area contributed by atoms with Crippen molar-refractivity contribution in [2.24, 2.45) is 5.92 Å². The standard InChI is InChI=1S/C15H20N2O/c1-17(2)10-9-15(12-7-8-12)18-14-6-4-3-5-13(14)11-16/h3-6,12,15H,7-10H2,1-2H3. The molecule has 1 fully saturated rings. The molecule has 3 nitrogen and oxygen atoms in total. The first-order chi connectivity index (χ1) is 8.70. The van der Waals surface area contributed by atoms with Crippen molar-refractivity contribution < 1.29 is 4.74 Å². The summed E-state index contributed by atoms with van der Waals surface area (Å²) in [5, 5.41) is 9.07. The maximum atomic E-state index is 9.07. The second-order valence-electron chi connectivity index (χ2n) is 5.19. The third kappa shape index (κ3) is 3.48. The van der Waals surface area contributed by atoms with Crippen LogP contribution < -0.4 is 4.74 Å². The van der Waals surface area contributed by atoms with E-state index in [4.69, 9.17) is 10.00 Å². The minimum absolute atomic E-state index is 0.252. The Labute approximate surface area is 109 Å². The lowest BCUT2D eigenvalue weighted by Gasteiger charge is -2.21. The molecule has 2 rings (SSSR count). The third-order valence-corrected chi connectivity index (χ3v) is 3.29. The van der Waals surface area contributed by atoms with Crippen LogP contribution in [-0.4, -0.2) is 31.6 Å². The van der Waals surface area contributed by atoms with Crippen LogP contribution in [0.15, 0.2) is 24.3 Å². The van der Waals surface area contributed by atoms with Crippen molar-refractivity contribution >= 4 is 0 Å². The van der Waals surface area contributed by atoms with Gasteiger partial charge in [-0.1, -0.05) is 12.1 Å². The summed E-state index contributed by atoms with van der Waals surface area (Å²) < 4.78 is 6.06. The summed E-state index contributed by atoms with van der Waals surface area (Å²) in [6.07, 6.45) is 3.79. The van der Waals surface area contributed by atoms with E-state index in [1.54, 1.807) is 0 Å². The zero-order chi connectivity index (χ0) is 13.0. The van der Waals surface area contributed by atoms with Crippen LogP contribution in [0.5, 0.6) is 5.75 Å². The van der Waals surface area contributed by atoms with Gasteiger partial charge in [0.2, 0.25) is 0 Å². The highest BCUT2D eigenvalue weighted by Crippen LogP contribution is 2.37. The first kappa shape index (κ1) is 12.9. The lowest BCUT2D eigenvalue weighted by atomic mass is 10.1. The van der Waals surface area contributed by atoms with E-state index in [1.165, 1.54) is 12.8 Å². The normalized spacial score (nSPS) is 16.3. The predicted molar refractivity (Wildman–Crippen MR) is 71.5 cm³/mol. The van der Waals surface area contributed by atoms with Crippen LogP contribution in [0.4, 0.5) is 0 Å². The van der Waals surface area contributed by atoms with Gasteiger partial charge in [-0.05, 0) is 51.4 Å². The highest BCUT2D eigenvalue weighted by atomic mass is 16.5. The molecule has 1 aliphatic rings. The van der Waals surface area contributed by atoms with Gasteiger partial charge in [-0.15, -0.1) is 0 Å². The van der Waals surface area contributed by atoms with Crippen molar-refractivity contribution in [2.75, 3.05) is 20.6 Å². The third-order valence-electron chi connectivity index (χ3n) is 3.29. The smallest absolute Gasteiger partial charge is 0.137 e. The summed E-state index contributed by atoms with van der Waals surface area (Å²) in [5.74, 6) is 1.41. The Morgan fingerprint density at radius 2 is 2.11 bits per heavy atom. The molecule has 3 heteroatoms. The second-order valence-corrected chi connectivity index (χ2v) is 5.19. The van der Waals surface area contributed by atoms with E-state index < -0.39 is 0 Å². The van der Waals surface area contributed by atoms with Crippen LogP contribution in [0.2, 0.25) is 0 Å². The molecule has 18 heavy (non-hydrogen) atoms. The lowest BCUT2D eigenvalue weighted by molar-refractivity contribution is 0.155. The number of rotatable bonds is 6. The van der Waals surface area contributed by atoms with Crippen LogP contribution in [-0.2, 0) is 0 Å². The maximum Gasteiger partial charge on any atom is 0.137 e. The van der Waals surface area contributed by atoms with Gasteiger partial charge in [-0.25, -0.2) is 0 Å². The van der Waals surface area contributed by atoms with Gasteiger partial charge in [0.1, 0.15) is 17.9 Å². The average Bonchev–Trinajstić information content (AvgIpc) is 3.19. The number of benzene rings is 1. The molecular weight excluding hydrogens is 224 g/mol. The van der Waals surface area contributed by atoms with E-state index in [0.29, 0.717) is 11.5 Å². The number of para-hydroxylation sites is 1. The molecular formula is C15H20N2O. The largest absolute Gasteiger partial charge is 0.489 e. The van der Waals surface area contributed by atoms with Gasteiger partial charge in [0.05, 0.1) is 5.56 Å². The molecule has 0 saturated heterocycles. The molecule has 96 valence electrons. The highest BCUT2D eigenvalue weighted by Gasteiger charge is 2.33. The van der Waals surface area contributed by atoms with Gasteiger partial charge < -0.3 is 9.64 Å². The van der Waals surface area contributed by atoms with Gasteiger partial charge in [-0.3, -0.25) is 0 Å². The quantitative estimate of drug-likeness (QED) is 0.772. The first-order valence-corrected chi connectivity index (χ1v) is 6.51. The molecule has 1 saturated carbocycles. The molecule has 0 N–H and O–H groups in total. The number of hydrogen-bond acceptors (Lipinski definition) is 3. The van der Waals surface area contributed by atoms with Crippen LogP contribution in [0.25, 0.3) is 0 Å². The minimum Gasteiger partial charge on any atom is -0.489 e. The molecule has 0 amide bonds. The van der Waals surface area contributed by atoms with E-state index in [-0.39, 0.29) is 6.10 Å². The summed E-state index contributed by atoms with van der Waals surface area (Å²) in [6.45, 7) is 1.02. The van der Waals surface area contributed by atoms with Crippen molar-refractivity contribution in [1.82, 2.24) is 4.90 Å². The van der Waals surface area contributed by atoms with Gasteiger partial charge in [0.15, 0.2) is 0 Å². The molecule has 1 aromatic carbocycles. The van der Waals surface area contributed by atoms with Crippen LogP contribution in [0, 0.1) is 17.2 Å². The molecule has 1 unspecified atom stereocenters. The van der Waals surface area contributed by atoms with Crippen molar-refractivity contribution in [3.63, 3.8) is 0 Å². The number of nitriles is 1. The van der Waals surface area contributed by atoms with E-state index >= 15 is 0 Å². The Balaban J connectivity index is 2.02. The summed E-state index contributed by atoms with van der Waals surface area (Å²) >= 11 is 0. The van der Waals surface area contributed by atoms with Gasteiger partial charge in [0, 0.05) is 6.54 Å². The lowest BCUT2D eigenvalue weighted by Crippen LogP contribution is -2.25. The molecule has 1 aliphatic carbocycles. The predicted octanol–water partition coefficient (Wildman–Crippen LogP) is 2.67. The molecule has 1 atom stereocenters. The SMILES string of the molecule is CN(C)CCC(Oc1ccccc1C#N)C1CC1. The van der Waals surface area contributed by atoms with Crippen molar-refractivity contribution in [3.05, 3.63) is 29.8 Å². The van der Waals surface area contributed by atoms with Crippen molar-refractivity contribution in [3.8, 4) is 11.8 Å². The number of ether oxygens (including phenoxy) is 1. The molecule has 0 spiro atoms. The Morgan fingerprint density at radius 3 is 2.72 bits per heavy atom. The minimum atomic E-state index is 0.252. The Morgan fingerprint density at radius 1 is 1.39 bits per heavy atom. The van der Waals surface area contributed by atoms with E-state index in [2.05, 4.69) is 25.1 Å². The summed E-state index contributed by atoms with van der Waals surface area (Å²) in [5.41, 5.74) is 0.632. The second kappa shape index (κ2) is 5.88.